The van der Waals surface area contributed by atoms with Crippen LogP contribution in [0.4, 0.5) is 0 Å². The van der Waals surface area contributed by atoms with Gasteiger partial charge in [-0.25, -0.2) is 0 Å². The van der Waals surface area contributed by atoms with Gasteiger partial charge in [-0.2, -0.15) is 0 Å². The molecule has 0 rings (SSSR count). The van der Waals surface area contributed by atoms with Gasteiger partial charge in [-0.05, 0) is 117 Å². The molecule has 0 bridgehead atoms. The molecule has 0 spiro atoms. The summed E-state index contributed by atoms with van der Waals surface area (Å²) in [6.07, 6.45) is 6.41. The molecule has 0 N–H and O–H groups in total. The summed E-state index contributed by atoms with van der Waals surface area (Å²) < 4.78 is 6.03. The zero-order valence-corrected chi connectivity index (χ0v) is 21.6. The van der Waals surface area contributed by atoms with Crippen LogP contribution in [-0.2, 0) is 4.43 Å². The summed E-state index contributed by atoms with van der Waals surface area (Å²) in [6.45, 7) is 28.0. The number of nitrogens with zero attached hydrogens (tertiary/aromatic N) is 3. The highest BCUT2D eigenvalue weighted by Gasteiger charge is 2.21. The standard InChI is InChI=1S/C23H53N3OSi/c1-8-16-24(10-3)18-13-20-26(21-14-19-25(11-4)17-9-2)22-15-23-28(6,7)27-12-5/h8-23H2,1-7H3. The molecule has 170 valence electrons. The molecule has 0 aliphatic rings. The van der Waals surface area contributed by atoms with Crippen molar-refractivity contribution in [3.05, 3.63) is 0 Å². The maximum atomic E-state index is 6.03. The predicted octanol–water partition coefficient (Wildman–Crippen LogP) is 5.16. The summed E-state index contributed by atoms with van der Waals surface area (Å²) in [6, 6.07) is 1.28. The molecule has 4 nitrogen and oxygen atoms in total. The van der Waals surface area contributed by atoms with Gasteiger partial charge in [0.15, 0.2) is 8.32 Å². The van der Waals surface area contributed by atoms with Crippen molar-refractivity contribution in [2.75, 3.05) is 65.5 Å². The second kappa shape index (κ2) is 17.9. The van der Waals surface area contributed by atoms with Gasteiger partial charge in [-0.15, -0.1) is 0 Å². The maximum Gasteiger partial charge on any atom is 0.186 e. The van der Waals surface area contributed by atoms with Crippen molar-refractivity contribution in [1.82, 2.24) is 14.7 Å². The lowest BCUT2D eigenvalue weighted by molar-refractivity contribution is 0.212. The lowest BCUT2D eigenvalue weighted by Gasteiger charge is -2.28. The second-order valence-corrected chi connectivity index (χ2v) is 13.0. The summed E-state index contributed by atoms with van der Waals surface area (Å²) >= 11 is 0. The maximum absolute atomic E-state index is 6.03. The first-order valence-electron chi connectivity index (χ1n) is 12.2. The molecule has 0 saturated heterocycles. The van der Waals surface area contributed by atoms with Crippen molar-refractivity contribution < 1.29 is 4.43 Å². The Labute approximate surface area is 179 Å². The highest BCUT2D eigenvalue weighted by Crippen LogP contribution is 2.14. The largest absolute Gasteiger partial charge is 0.418 e. The molecule has 28 heavy (non-hydrogen) atoms. The zero-order chi connectivity index (χ0) is 21.3. The molecule has 0 aromatic carbocycles. The van der Waals surface area contributed by atoms with Crippen LogP contribution in [0.15, 0.2) is 0 Å². The Morgan fingerprint density at radius 2 is 1.00 bits per heavy atom. The van der Waals surface area contributed by atoms with Gasteiger partial charge in [0.2, 0.25) is 0 Å². The van der Waals surface area contributed by atoms with Crippen LogP contribution in [0.1, 0.15) is 66.7 Å². The lowest BCUT2D eigenvalue weighted by Crippen LogP contribution is -2.35. The van der Waals surface area contributed by atoms with Crippen LogP contribution in [0.3, 0.4) is 0 Å². The van der Waals surface area contributed by atoms with Crippen molar-refractivity contribution in [3.8, 4) is 0 Å². The fourth-order valence-electron chi connectivity index (χ4n) is 4.05. The van der Waals surface area contributed by atoms with E-state index in [1.54, 1.807) is 0 Å². The van der Waals surface area contributed by atoms with E-state index in [0.717, 1.165) is 6.61 Å². The summed E-state index contributed by atoms with van der Waals surface area (Å²) in [4.78, 5) is 7.93. The highest BCUT2D eigenvalue weighted by molar-refractivity contribution is 6.71. The van der Waals surface area contributed by atoms with Crippen molar-refractivity contribution in [3.63, 3.8) is 0 Å². The van der Waals surface area contributed by atoms with E-state index in [4.69, 9.17) is 4.43 Å². The third-order valence-electron chi connectivity index (χ3n) is 5.66. The first kappa shape index (κ1) is 28.1. The van der Waals surface area contributed by atoms with E-state index in [9.17, 15) is 0 Å². The van der Waals surface area contributed by atoms with Gasteiger partial charge < -0.3 is 19.1 Å². The van der Waals surface area contributed by atoms with Crippen LogP contribution in [-0.4, -0.2) is 88.5 Å². The van der Waals surface area contributed by atoms with Crippen molar-refractivity contribution in [2.45, 2.75) is 85.9 Å². The first-order chi connectivity index (χ1) is 13.4. The molecule has 0 amide bonds. The van der Waals surface area contributed by atoms with Gasteiger partial charge in [0, 0.05) is 6.61 Å². The molecule has 0 atom stereocenters. The average Bonchev–Trinajstić information content (AvgIpc) is 2.65. The molecular formula is C23H53N3OSi. The van der Waals surface area contributed by atoms with E-state index in [1.165, 1.54) is 97.1 Å². The quantitative estimate of drug-likeness (QED) is 0.255. The van der Waals surface area contributed by atoms with E-state index >= 15 is 0 Å². The molecule has 0 fully saturated rings. The van der Waals surface area contributed by atoms with Crippen LogP contribution in [0, 0.1) is 0 Å². The van der Waals surface area contributed by atoms with Crippen LogP contribution >= 0.6 is 0 Å². The smallest absolute Gasteiger partial charge is 0.186 e. The lowest BCUT2D eigenvalue weighted by atomic mass is 10.2. The topological polar surface area (TPSA) is 19.0 Å². The Balaban J connectivity index is 4.43. The number of hydrogen-bond donors (Lipinski definition) is 0. The van der Waals surface area contributed by atoms with Crippen LogP contribution in [0.5, 0.6) is 0 Å². The van der Waals surface area contributed by atoms with Crippen LogP contribution in [0.25, 0.3) is 0 Å². The zero-order valence-electron chi connectivity index (χ0n) is 20.6. The minimum atomic E-state index is -1.44. The van der Waals surface area contributed by atoms with Gasteiger partial charge >= 0.3 is 0 Å². The molecule has 0 saturated carbocycles. The minimum absolute atomic E-state index is 0.873. The van der Waals surface area contributed by atoms with Crippen LogP contribution in [0.2, 0.25) is 19.1 Å². The van der Waals surface area contributed by atoms with Gasteiger partial charge in [-0.3, -0.25) is 0 Å². The summed E-state index contributed by atoms with van der Waals surface area (Å²) in [5, 5.41) is 0. The normalized spacial score (nSPS) is 12.6. The molecule has 0 aromatic rings. The van der Waals surface area contributed by atoms with Crippen molar-refractivity contribution in [2.24, 2.45) is 0 Å². The first-order valence-corrected chi connectivity index (χ1v) is 15.3. The monoisotopic (exact) mass is 415 g/mol. The third-order valence-corrected chi connectivity index (χ3v) is 8.29. The minimum Gasteiger partial charge on any atom is -0.418 e. The molecular weight excluding hydrogens is 362 g/mol. The Kier molecular flexibility index (Phi) is 17.9. The average molecular weight is 416 g/mol. The summed E-state index contributed by atoms with van der Waals surface area (Å²) in [7, 11) is -1.44. The van der Waals surface area contributed by atoms with Crippen LogP contribution < -0.4 is 0 Å². The fourth-order valence-corrected chi connectivity index (χ4v) is 5.99. The molecule has 5 heteroatoms. The molecule has 0 radical (unpaired) electrons. The van der Waals surface area contributed by atoms with E-state index < -0.39 is 8.32 Å². The highest BCUT2D eigenvalue weighted by atomic mass is 28.4. The number of rotatable bonds is 20. The molecule has 0 unspecified atom stereocenters. The summed E-state index contributed by atoms with van der Waals surface area (Å²) in [5.74, 6) is 0. The second-order valence-electron chi connectivity index (χ2n) is 8.71. The molecule has 0 aliphatic heterocycles. The summed E-state index contributed by atoms with van der Waals surface area (Å²) in [5.41, 5.74) is 0. The van der Waals surface area contributed by atoms with E-state index in [1.807, 2.05) is 0 Å². The predicted molar refractivity (Wildman–Crippen MR) is 129 cm³/mol. The fraction of sp³-hybridized carbons (Fsp3) is 1.00. The van der Waals surface area contributed by atoms with E-state index in [-0.39, 0.29) is 0 Å². The van der Waals surface area contributed by atoms with Crippen molar-refractivity contribution >= 4 is 8.32 Å². The molecule has 0 aliphatic carbocycles. The van der Waals surface area contributed by atoms with Crippen molar-refractivity contribution in [1.29, 1.82) is 0 Å². The van der Waals surface area contributed by atoms with E-state index in [0.29, 0.717) is 0 Å². The van der Waals surface area contributed by atoms with E-state index in [2.05, 4.69) is 62.4 Å². The third kappa shape index (κ3) is 15.0. The van der Waals surface area contributed by atoms with Gasteiger partial charge in [0.05, 0.1) is 0 Å². The SMILES string of the molecule is CCCN(CC)CCCN(CCCN(CC)CCC)CCC[Si](C)(C)OCC. The Morgan fingerprint density at radius 3 is 1.39 bits per heavy atom. The Morgan fingerprint density at radius 1 is 0.571 bits per heavy atom. The van der Waals surface area contributed by atoms with Gasteiger partial charge in [-0.1, -0.05) is 27.7 Å². The molecule has 0 heterocycles. The van der Waals surface area contributed by atoms with Gasteiger partial charge in [0.1, 0.15) is 0 Å². The molecule has 0 aromatic heterocycles. The number of hydrogen-bond acceptors (Lipinski definition) is 4. The Hall–Kier alpha value is 0.0569. The Bertz CT molecular complexity index is 322. The van der Waals surface area contributed by atoms with Gasteiger partial charge in [0.25, 0.3) is 0 Å².